The Balaban J connectivity index is 0.000000105. The Hall–Kier alpha value is -15.5. The van der Waals surface area contributed by atoms with E-state index in [4.69, 9.17) is 38.2 Å². The molecule has 0 radical (unpaired) electrons. The zero-order valence-corrected chi connectivity index (χ0v) is 61.6. The molecule has 0 aliphatic heterocycles. The van der Waals surface area contributed by atoms with Crippen molar-refractivity contribution in [3.05, 3.63) is 376 Å². The molecule has 24 rings (SSSR count). The van der Waals surface area contributed by atoms with Gasteiger partial charge in [-0.05, 0) is 137 Å². The van der Waals surface area contributed by atoms with E-state index in [1.807, 2.05) is 115 Å². The summed E-state index contributed by atoms with van der Waals surface area (Å²) in [4.78, 5) is 24.8. The lowest BCUT2D eigenvalue weighted by molar-refractivity contribution is 0.658. The highest BCUT2D eigenvalue weighted by atomic mass is 16.4. The highest BCUT2D eigenvalue weighted by Crippen LogP contribution is 2.46. The molecule has 114 heavy (non-hydrogen) atoms. The van der Waals surface area contributed by atoms with Gasteiger partial charge < -0.3 is 13.3 Å². The first-order valence-electron chi connectivity index (χ1n) is 38.4. The Bertz CT molecular complexity index is 7780. The van der Waals surface area contributed by atoms with E-state index < -0.39 is 0 Å². The maximum Gasteiger partial charge on any atom is 0.213 e. The molecule has 13 nitrogen and oxygen atoms in total. The topological polar surface area (TPSA) is 127 Å². The van der Waals surface area contributed by atoms with Gasteiger partial charge in [-0.1, -0.05) is 268 Å². The molecular formula is C101H66N10O3. The Kier molecular flexibility index (Phi) is 15.5. The van der Waals surface area contributed by atoms with Crippen molar-refractivity contribution in [2.45, 2.75) is 13.3 Å². The summed E-state index contributed by atoms with van der Waals surface area (Å²) in [5, 5.41) is 5.68. The summed E-state index contributed by atoms with van der Waals surface area (Å²) in [7, 11) is 0. The Morgan fingerprint density at radius 3 is 1.04 bits per heavy atom. The smallest absolute Gasteiger partial charge is 0.213 e. The molecular weight excluding hydrogens is 1400 g/mol. The SMILES string of the molecule is CCc1nc2ccccc2n1-c1ccc(-c2c3ccccc3n3c2oc2ccccc23)cc1.c1ccc(-c2nc(-c3ccccc3)nc(-c3ccc(-c4c5ccccc5n5c4oc4ccccc45)c4ccccc34)n2)cc1.c1ccc(-c2nc3ccccc3n2-c2ccc(-c3c4ccccc4n4c3oc3ccccc34)cc2)cc1. The van der Waals surface area contributed by atoms with Crippen LogP contribution in [0.1, 0.15) is 12.7 Å². The number of hydrogen-bond acceptors (Lipinski definition) is 8. The van der Waals surface area contributed by atoms with Crippen LogP contribution in [0.15, 0.2) is 383 Å². The molecule has 13 heteroatoms. The van der Waals surface area contributed by atoms with Crippen LogP contribution >= 0.6 is 0 Å². The Labute approximate surface area is 652 Å². The number of benzene rings is 15. The number of oxazole rings is 3. The Morgan fingerprint density at radius 2 is 0.570 bits per heavy atom. The zero-order chi connectivity index (χ0) is 75.3. The van der Waals surface area contributed by atoms with Crippen molar-refractivity contribution in [3.8, 4) is 90.3 Å². The fourth-order valence-corrected chi connectivity index (χ4v) is 16.8. The first-order valence-corrected chi connectivity index (χ1v) is 38.4. The predicted molar refractivity (Wildman–Crippen MR) is 462 cm³/mol. The summed E-state index contributed by atoms with van der Waals surface area (Å²) in [6.07, 6.45) is 0.875. The van der Waals surface area contributed by atoms with Crippen LogP contribution in [-0.4, -0.2) is 47.3 Å². The lowest BCUT2D eigenvalue weighted by Gasteiger charge is -2.13. The number of imidazole rings is 2. The summed E-state index contributed by atoms with van der Waals surface area (Å²) < 4.78 is 30.5. The van der Waals surface area contributed by atoms with Crippen LogP contribution in [0.5, 0.6) is 0 Å². The van der Waals surface area contributed by atoms with Gasteiger partial charge in [0.15, 0.2) is 34.2 Å². The first-order chi connectivity index (χ1) is 56.5. The normalized spacial score (nSPS) is 11.8. The van der Waals surface area contributed by atoms with E-state index in [-0.39, 0.29) is 0 Å². The molecule has 0 amide bonds. The molecule has 0 aliphatic carbocycles. The molecule has 0 unspecified atom stereocenters. The molecule has 24 aromatic rings. The van der Waals surface area contributed by atoms with Crippen molar-refractivity contribution in [1.29, 1.82) is 0 Å². The molecule has 15 aromatic carbocycles. The summed E-state index contributed by atoms with van der Waals surface area (Å²) in [6.45, 7) is 2.15. The molecule has 9 heterocycles. The van der Waals surface area contributed by atoms with E-state index >= 15 is 0 Å². The zero-order valence-electron chi connectivity index (χ0n) is 61.6. The van der Waals surface area contributed by atoms with Gasteiger partial charge in [0, 0.05) is 56.2 Å². The number of nitrogens with zero attached hydrogens (tertiary/aromatic N) is 10. The average Bonchev–Trinajstić information content (AvgIpc) is 1.57. The van der Waals surface area contributed by atoms with Crippen molar-refractivity contribution in [1.82, 2.24) is 47.3 Å². The molecule has 538 valence electrons. The first kappa shape index (κ1) is 65.6. The van der Waals surface area contributed by atoms with Crippen LogP contribution in [0.2, 0.25) is 0 Å². The minimum atomic E-state index is 0.635. The van der Waals surface area contributed by atoms with Crippen molar-refractivity contribution in [3.63, 3.8) is 0 Å². The van der Waals surface area contributed by atoms with E-state index in [0.29, 0.717) is 17.5 Å². The van der Waals surface area contributed by atoms with Gasteiger partial charge >= 0.3 is 0 Å². The Morgan fingerprint density at radius 1 is 0.237 bits per heavy atom. The van der Waals surface area contributed by atoms with Crippen molar-refractivity contribution < 1.29 is 13.3 Å². The number of aryl methyl sites for hydroxylation is 1. The van der Waals surface area contributed by atoms with Crippen LogP contribution in [0.25, 0.3) is 206 Å². The largest absolute Gasteiger partial charge is 0.438 e. The molecule has 0 spiro atoms. The molecule has 0 N–H and O–H groups in total. The summed E-state index contributed by atoms with van der Waals surface area (Å²) in [6, 6.07) is 128. The maximum atomic E-state index is 6.55. The van der Waals surface area contributed by atoms with E-state index in [2.05, 4.69) is 284 Å². The molecule has 9 aromatic heterocycles. The fraction of sp³-hybridized carbons (Fsp3) is 0.0198. The summed E-state index contributed by atoms with van der Waals surface area (Å²) in [5.74, 6) is 3.92. The molecule has 0 bridgehead atoms. The van der Waals surface area contributed by atoms with Gasteiger partial charge in [-0.3, -0.25) is 22.3 Å². The molecule has 0 atom stereocenters. The standard InChI is InChI=1S/C39H24N4O.C33H21N3O.C29H21N3O/c1-3-13-25(14-4-1)36-40-37(26-15-5-2-6-16-26)42-38(41-36)30-24-23-29(27-17-7-8-18-28(27)30)35-31-19-9-10-20-32(31)43-33-21-11-12-22-34(33)44-39(35)43;1-2-10-23(11-3-1)32-34-26-13-5-7-15-28(26)35(32)24-20-18-22(19-21-24)31-25-12-4-6-14-27(25)36-29-16-8-9-17-30(29)37-33(31)36;1-2-27-30-22-10-4-6-12-24(22)31(27)20-17-15-19(16-18-20)28-21-9-3-5-11-23(21)32-25-13-7-8-14-26(25)33-29(28)32/h1-24H;1-21H;3-18H,2H2,1H3. The van der Waals surface area contributed by atoms with Crippen LogP contribution in [0, 0.1) is 0 Å². The predicted octanol–water partition coefficient (Wildman–Crippen LogP) is 25.8. The van der Waals surface area contributed by atoms with Gasteiger partial charge in [0.1, 0.15) is 11.6 Å². The second kappa shape index (κ2) is 27.0. The second-order valence-electron chi connectivity index (χ2n) is 28.5. The minimum absolute atomic E-state index is 0.635. The third-order valence-corrected chi connectivity index (χ3v) is 21.9. The maximum absolute atomic E-state index is 6.55. The van der Waals surface area contributed by atoms with Crippen LogP contribution in [0.3, 0.4) is 0 Å². The third kappa shape index (κ3) is 10.7. The number of fused-ring (bicyclic) bond motifs is 18. The van der Waals surface area contributed by atoms with E-state index in [0.717, 1.165) is 190 Å². The quantitative estimate of drug-likeness (QED) is 0.132. The van der Waals surface area contributed by atoms with E-state index in [9.17, 15) is 0 Å². The van der Waals surface area contributed by atoms with Crippen molar-refractivity contribution >= 4 is 116 Å². The van der Waals surface area contributed by atoms with E-state index in [1.54, 1.807) is 0 Å². The highest BCUT2D eigenvalue weighted by Gasteiger charge is 2.26. The van der Waals surface area contributed by atoms with Crippen LogP contribution in [0.4, 0.5) is 0 Å². The number of hydrogen-bond donors (Lipinski definition) is 0. The van der Waals surface area contributed by atoms with Crippen LogP contribution in [-0.2, 0) is 6.42 Å². The number of aromatic nitrogens is 10. The monoisotopic (exact) mass is 1470 g/mol. The highest BCUT2D eigenvalue weighted by molar-refractivity contribution is 6.15. The van der Waals surface area contributed by atoms with Gasteiger partial charge in [0.2, 0.25) is 17.1 Å². The lowest BCUT2D eigenvalue weighted by atomic mass is 9.94. The lowest BCUT2D eigenvalue weighted by Crippen LogP contribution is -2.00. The number of para-hydroxylation sites is 13. The summed E-state index contributed by atoms with van der Waals surface area (Å²) in [5.41, 5.74) is 28.9. The molecule has 0 saturated carbocycles. The fourth-order valence-electron chi connectivity index (χ4n) is 16.8. The molecule has 0 saturated heterocycles. The average molecular weight is 1470 g/mol. The van der Waals surface area contributed by atoms with E-state index in [1.165, 1.54) is 10.8 Å². The minimum Gasteiger partial charge on any atom is -0.438 e. The number of rotatable bonds is 10. The van der Waals surface area contributed by atoms with Gasteiger partial charge in [-0.15, -0.1) is 0 Å². The van der Waals surface area contributed by atoms with Gasteiger partial charge in [0.25, 0.3) is 0 Å². The molecule has 0 fully saturated rings. The third-order valence-electron chi connectivity index (χ3n) is 21.9. The van der Waals surface area contributed by atoms with Crippen molar-refractivity contribution in [2.24, 2.45) is 0 Å². The van der Waals surface area contributed by atoms with Crippen LogP contribution < -0.4 is 0 Å². The second-order valence-corrected chi connectivity index (χ2v) is 28.5. The van der Waals surface area contributed by atoms with Gasteiger partial charge in [0.05, 0.1) is 71.9 Å². The van der Waals surface area contributed by atoms with Crippen molar-refractivity contribution in [2.75, 3.05) is 0 Å². The van der Waals surface area contributed by atoms with Gasteiger partial charge in [-0.2, -0.15) is 0 Å². The van der Waals surface area contributed by atoms with Gasteiger partial charge in [-0.25, -0.2) is 24.9 Å². The molecule has 0 aliphatic rings. The summed E-state index contributed by atoms with van der Waals surface area (Å²) >= 11 is 0.